The van der Waals surface area contributed by atoms with Crippen molar-refractivity contribution in [2.75, 3.05) is 13.2 Å². The molecule has 1 aromatic rings. The van der Waals surface area contributed by atoms with E-state index >= 15 is 0 Å². The van der Waals surface area contributed by atoms with Crippen LogP contribution in [0.15, 0.2) is 21.9 Å². The monoisotopic (exact) mass is 356 g/mol. The average Bonchev–Trinajstić information content (AvgIpc) is 2.77. The van der Waals surface area contributed by atoms with Crippen molar-refractivity contribution in [1.29, 1.82) is 0 Å². The third-order valence-electron chi connectivity index (χ3n) is 4.01. The number of aromatic nitrogens is 2. The number of esters is 2. The Hall–Kier alpha value is -2.46. The minimum absolute atomic E-state index is 0.365. The Bertz CT molecular complexity index is 749. The van der Waals surface area contributed by atoms with Gasteiger partial charge in [0.25, 0.3) is 5.56 Å². The van der Waals surface area contributed by atoms with Gasteiger partial charge in [-0.2, -0.15) is 0 Å². The SMILES string of the molecule is CC(=O)OCC1(COC(C)=O)OC(n2ccc(=O)[nH]c2=O)C(C)C1O. The number of hydrogen-bond donors (Lipinski definition) is 2. The molecule has 0 amide bonds. The van der Waals surface area contributed by atoms with E-state index in [1.807, 2.05) is 0 Å². The number of aliphatic hydroxyl groups is 1. The largest absolute Gasteiger partial charge is 0.463 e. The summed E-state index contributed by atoms with van der Waals surface area (Å²) in [5.74, 6) is -1.82. The summed E-state index contributed by atoms with van der Waals surface area (Å²) in [5, 5.41) is 10.6. The maximum Gasteiger partial charge on any atom is 0.330 e. The molecule has 1 aromatic heterocycles. The van der Waals surface area contributed by atoms with Crippen molar-refractivity contribution in [3.8, 4) is 0 Å². The lowest BCUT2D eigenvalue weighted by molar-refractivity contribution is -0.184. The van der Waals surface area contributed by atoms with Crippen molar-refractivity contribution in [2.24, 2.45) is 5.92 Å². The van der Waals surface area contributed by atoms with Gasteiger partial charge in [0.05, 0.1) is 6.10 Å². The fourth-order valence-corrected chi connectivity index (χ4v) is 2.72. The highest BCUT2D eigenvalue weighted by Gasteiger charge is 2.55. The van der Waals surface area contributed by atoms with Crippen LogP contribution in [0.5, 0.6) is 0 Å². The molecule has 0 aromatic carbocycles. The van der Waals surface area contributed by atoms with Crippen molar-refractivity contribution < 1.29 is 28.9 Å². The highest BCUT2D eigenvalue weighted by atomic mass is 16.6. The van der Waals surface area contributed by atoms with Crippen LogP contribution in [0.2, 0.25) is 0 Å². The Kier molecular flexibility index (Phi) is 5.43. The smallest absolute Gasteiger partial charge is 0.330 e. The van der Waals surface area contributed by atoms with Crippen LogP contribution in [-0.4, -0.2) is 51.5 Å². The third-order valence-corrected chi connectivity index (χ3v) is 4.01. The second-order valence-corrected chi connectivity index (χ2v) is 5.96. The summed E-state index contributed by atoms with van der Waals surface area (Å²) in [5.41, 5.74) is -2.82. The van der Waals surface area contributed by atoms with Crippen LogP contribution in [0.4, 0.5) is 0 Å². The molecule has 0 bridgehead atoms. The molecule has 2 heterocycles. The Labute approximate surface area is 142 Å². The van der Waals surface area contributed by atoms with Crippen LogP contribution in [0.1, 0.15) is 27.0 Å². The van der Waals surface area contributed by atoms with Gasteiger partial charge in [0.1, 0.15) is 19.4 Å². The highest BCUT2D eigenvalue weighted by Crippen LogP contribution is 2.41. The highest BCUT2D eigenvalue weighted by molar-refractivity contribution is 5.66. The summed E-state index contributed by atoms with van der Waals surface area (Å²) >= 11 is 0. The van der Waals surface area contributed by atoms with Crippen molar-refractivity contribution >= 4 is 11.9 Å². The maximum absolute atomic E-state index is 12.0. The van der Waals surface area contributed by atoms with E-state index in [9.17, 15) is 24.3 Å². The summed E-state index contributed by atoms with van der Waals surface area (Å²) in [7, 11) is 0. The normalized spacial score (nSPS) is 24.7. The number of aromatic amines is 1. The summed E-state index contributed by atoms with van der Waals surface area (Å²) in [6, 6.07) is 1.14. The number of hydrogen-bond acceptors (Lipinski definition) is 8. The second-order valence-electron chi connectivity index (χ2n) is 5.96. The topological polar surface area (TPSA) is 137 Å². The number of aliphatic hydroxyl groups excluding tert-OH is 1. The lowest BCUT2D eigenvalue weighted by atomic mass is 9.91. The van der Waals surface area contributed by atoms with E-state index in [-0.39, 0.29) is 13.2 Å². The van der Waals surface area contributed by atoms with Crippen LogP contribution in [-0.2, 0) is 23.8 Å². The fourth-order valence-electron chi connectivity index (χ4n) is 2.72. The number of nitrogens with one attached hydrogen (secondary N) is 1. The Morgan fingerprint density at radius 2 is 1.84 bits per heavy atom. The molecule has 138 valence electrons. The lowest BCUT2D eigenvalue weighted by Crippen LogP contribution is -2.50. The molecule has 0 radical (unpaired) electrons. The van der Waals surface area contributed by atoms with Crippen LogP contribution in [0.3, 0.4) is 0 Å². The molecule has 1 aliphatic rings. The van der Waals surface area contributed by atoms with Gasteiger partial charge in [0.2, 0.25) is 0 Å². The summed E-state index contributed by atoms with van der Waals surface area (Å²) in [6.07, 6.45) is -0.913. The molecule has 1 saturated heterocycles. The number of carbonyl (C=O) groups excluding carboxylic acids is 2. The zero-order chi connectivity index (χ0) is 18.8. The summed E-state index contributed by atoms with van der Waals surface area (Å²) < 4.78 is 16.8. The van der Waals surface area contributed by atoms with E-state index in [4.69, 9.17) is 14.2 Å². The standard InChI is InChI=1S/C15H20N2O8/c1-8-12(21)15(6-23-9(2)18,7-24-10(3)19)25-13(8)17-5-4-11(20)16-14(17)22/h4-5,8,12-13,21H,6-7H2,1-3H3,(H,16,20,22). The summed E-state index contributed by atoms with van der Waals surface area (Å²) in [4.78, 5) is 47.6. The first-order chi connectivity index (χ1) is 11.7. The number of carbonyl (C=O) groups is 2. The molecule has 10 heteroatoms. The van der Waals surface area contributed by atoms with Crippen molar-refractivity contribution in [1.82, 2.24) is 9.55 Å². The van der Waals surface area contributed by atoms with Crippen LogP contribution in [0.25, 0.3) is 0 Å². The molecule has 25 heavy (non-hydrogen) atoms. The van der Waals surface area contributed by atoms with Gasteiger partial charge < -0.3 is 19.3 Å². The fraction of sp³-hybridized carbons (Fsp3) is 0.600. The minimum atomic E-state index is -1.53. The average molecular weight is 356 g/mol. The van der Waals surface area contributed by atoms with E-state index in [2.05, 4.69) is 4.98 Å². The lowest BCUT2D eigenvalue weighted by Gasteiger charge is -2.30. The van der Waals surface area contributed by atoms with Crippen molar-refractivity contribution in [3.05, 3.63) is 33.1 Å². The third kappa shape index (κ3) is 3.97. The first kappa shape index (κ1) is 18.9. The number of rotatable bonds is 5. The van der Waals surface area contributed by atoms with Gasteiger partial charge in [0, 0.05) is 32.0 Å². The van der Waals surface area contributed by atoms with Gasteiger partial charge in [-0.25, -0.2) is 4.79 Å². The van der Waals surface area contributed by atoms with Gasteiger partial charge >= 0.3 is 17.6 Å². The Balaban J connectivity index is 2.36. The van der Waals surface area contributed by atoms with Crippen LogP contribution in [0, 0.1) is 5.92 Å². The molecule has 0 saturated carbocycles. The van der Waals surface area contributed by atoms with Gasteiger partial charge in [-0.1, -0.05) is 6.92 Å². The van der Waals surface area contributed by atoms with E-state index < -0.39 is 47.0 Å². The summed E-state index contributed by atoms with van der Waals surface area (Å²) in [6.45, 7) is 3.27. The van der Waals surface area contributed by atoms with Gasteiger partial charge in [-0.3, -0.25) is 23.9 Å². The molecule has 3 atom stereocenters. The zero-order valence-electron chi connectivity index (χ0n) is 14.1. The molecule has 2 rings (SSSR count). The molecule has 10 nitrogen and oxygen atoms in total. The van der Waals surface area contributed by atoms with Gasteiger partial charge in [0.15, 0.2) is 5.60 Å². The first-order valence-electron chi connectivity index (χ1n) is 7.60. The molecule has 0 spiro atoms. The van der Waals surface area contributed by atoms with Crippen molar-refractivity contribution in [3.63, 3.8) is 0 Å². The quantitative estimate of drug-likeness (QED) is 0.636. The number of nitrogens with zero attached hydrogens (tertiary/aromatic N) is 1. The van der Waals surface area contributed by atoms with E-state index in [0.717, 1.165) is 10.6 Å². The van der Waals surface area contributed by atoms with Gasteiger partial charge in [-0.05, 0) is 0 Å². The Morgan fingerprint density at radius 1 is 1.28 bits per heavy atom. The van der Waals surface area contributed by atoms with Gasteiger partial charge in [-0.15, -0.1) is 0 Å². The van der Waals surface area contributed by atoms with E-state index in [1.54, 1.807) is 6.92 Å². The predicted molar refractivity (Wildman–Crippen MR) is 82.6 cm³/mol. The van der Waals surface area contributed by atoms with Crippen LogP contribution < -0.4 is 11.2 Å². The number of ether oxygens (including phenoxy) is 3. The molecule has 3 unspecified atom stereocenters. The predicted octanol–water partition coefficient (Wildman–Crippen LogP) is -1.07. The number of H-pyrrole nitrogens is 1. The molecule has 1 aliphatic heterocycles. The Morgan fingerprint density at radius 3 is 2.32 bits per heavy atom. The molecule has 0 aliphatic carbocycles. The zero-order valence-corrected chi connectivity index (χ0v) is 14.1. The minimum Gasteiger partial charge on any atom is -0.463 e. The molecule has 1 fully saturated rings. The maximum atomic E-state index is 12.0. The van der Waals surface area contributed by atoms with E-state index in [1.165, 1.54) is 20.0 Å². The molecular weight excluding hydrogens is 336 g/mol. The molecular formula is C15H20N2O8. The van der Waals surface area contributed by atoms with E-state index in [0.29, 0.717) is 0 Å². The second kappa shape index (κ2) is 7.19. The van der Waals surface area contributed by atoms with Crippen molar-refractivity contribution in [2.45, 2.75) is 38.7 Å². The van der Waals surface area contributed by atoms with Crippen LogP contribution >= 0.6 is 0 Å². The first-order valence-corrected chi connectivity index (χ1v) is 7.60. The molecule has 2 N–H and O–H groups in total.